The summed E-state index contributed by atoms with van der Waals surface area (Å²) in [6, 6.07) is 5.12. The quantitative estimate of drug-likeness (QED) is 0.800. The second-order valence-electron chi connectivity index (χ2n) is 3.18. The molecule has 1 aromatic rings. The highest BCUT2D eigenvalue weighted by Crippen LogP contribution is 2.22. The first-order valence-electron chi connectivity index (χ1n) is 4.89. The van der Waals surface area contributed by atoms with Gasteiger partial charge in [-0.3, -0.25) is 4.79 Å². The molecule has 2 N–H and O–H groups in total. The highest BCUT2D eigenvalue weighted by atomic mass is 79.9. The van der Waals surface area contributed by atoms with Gasteiger partial charge in [0.2, 0.25) is 0 Å². The third-order valence-corrected chi connectivity index (χ3v) is 2.72. The highest BCUT2D eigenvalue weighted by Gasteiger charge is 2.04. The Morgan fingerprint density at radius 2 is 2.35 bits per heavy atom. The van der Waals surface area contributed by atoms with Crippen LogP contribution in [0.25, 0.3) is 0 Å². The van der Waals surface area contributed by atoms with Crippen LogP contribution >= 0.6 is 15.9 Å². The van der Waals surface area contributed by atoms with Gasteiger partial charge in [0, 0.05) is 4.47 Å². The minimum Gasteiger partial charge on any atom is -0.484 e. The van der Waals surface area contributed by atoms with Gasteiger partial charge in [-0.15, -0.1) is 6.42 Å². The SMILES string of the molecule is C#CCNC(=O)COc1ccc(Br)c(CO)c1. The van der Waals surface area contributed by atoms with Gasteiger partial charge in [0.05, 0.1) is 13.2 Å². The molecule has 0 aromatic heterocycles. The maximum Gasteiger partial charge on any atom is 0.258 e. The Balaban J connectivity index is 2.52. The molecule has 0 spiro atoms. The van der Waals surface area contributed by atoms with Crippen molar-refractivity contribution < 1.29 is 14.6 Å². The zero-order valence-corrected chi connectivity index (χ0v) is 10.7. The Labute approximate surface area is 108 Å². The summed E-state index contributed by atoms with van der Waals surface area (Å²) >= 11 is 3.29. The van der Waals surface area contributed by atoms with Gasteiger partial charge in [0.15, 0.2) is 6.61 Å². The number of carbonyl (C=O) groups excluding carboxylic acids is 1. The molecule has 4 nitrogen and oxygen atoms in total. The van der Waals surface area contributed by atoms with Crippen molar-refractivity contribution in [2.45, 2.75) is 6.61 Å². The van der Waals surface area contributed by atoms with Gasteiger partial charge in [-0.05, 0) is 23.8 Å². The molecule has 17 heavy (non-hydrogen) atoms. The molecule has 0 fully saturated rings. The maximum absolute atomic E-state index is 11.2. The minimum absolute atomic E-state index is 0.0962. The van der Waals surface area contributed by atoms with E-state index in [0.717, 1.165) is 4.47 Å². The van der Waals surface area contributed by atoms with Crippen LogP contribution in [0.15, 0.2) is 22.7 Å². The first kappa shape index (κ1) is 13.6. The van der Waals surface area contributed by atoms with E-state index in [4.69, 9.17) is 16.3 Å². The van der Waals surface area contributed by atoms with E-state index in [1.165, 1.54) is 0 Å². The van der Waals surface area contributed by atoms with E-state index in [2.05, 4.69) is 27.2 Å². The number of carbonyl (C=O) groups is 1. The Morgan fingerprint density at radius 3 is 3.00 bits per heavy atom. The lowest BCUT2D eigenvalue weighted by Gasteiger charge is -2.08. The van der Waals surface area contributed by atoms with Crippen molar-refractivity contribution in [3.05, 3.63) is 28.2 Å². The normalized spacial score (nSPS) is 9.47. The first-order chi connectivity index (χ1) is 8.17. The third-order valence-electron chi connectivity index (χ3n) is 1.95. The number of halogens is 1. The Hall–Kier alpha value is -1.51. The highest BCUT2D eigenvalue weighted by molar-refractivity contribution is 9.10. The molecule has 0 aliphatic carbocycles. The number of nitrogens with one attached hydrogen (secondary N) is 1. The molecule has 1 amide bonds. The number of terminal acetylenes is 1. The van der Waals surface area contributed by atoms with Crippen molar-refractivity contribution in [3.63, 3.8) is 0 Å². The average Bonchev–Trinajstić information content (AvgIpc) is 2.35. The van der Waals surface area contributed by atoms with Crippen LogP contribution in [0.1, 0.15) is 5.56 Å². The molecule has 0 atom stereocenters. The van der Waals surface area contributed by atoms with Gasteiger partial charge in [-0.25, -0.2) is 0 Å². The van der Waals surface area contributed by atoms with E-state index in [-0.39, 0.29) is 25.7 Å². The van der Waals surface area contributed by atoms with Gasteiger partial charge >= 0.3 is 0 Å². The van der Waals surface area contributed by atoms with Crippen LogP contribution in [0.2, 0.25) is 0 Å². The summed E-state index contributed by atoms with van der Waals surface area (Å²) in [6.45, 7) is -0.0142. The Morgan fingerprint density at radius 1 is 1.59 bits per heavy atom. The van der Waals surface area contributed by atoms with E-state index in [9.17, 15) is 4.79 Å². The van der Waals surface area contributed by atoms with Gasteiger partial charge in [0.25, 0.3) is 5.91 Å². The zero-order valence-electron chi connectivity index (χ0n) is 9.07. The number of hydrogen-bond acceptors (Lipinski definition) is 3. The van der Waals surface area contributed by atoms with E-state index in [1.807, 2.05) is 0 Å². The molecule has 0 heterocycles. The fourth-order valence-electron chi connectivity index (χ4n) is 1.11. The average molecular weight is 298 g/mol. The summed E-state index contributed by atoms with van der Waals surface area (Å²) in [7, 11) is 0. The second kappa shape index (κ2) is 6.94. The van der Waals surface area contributed by atoms with Gasteiger partial charge in [-0.1, -0.05) is 21.9 Å². The molecule has 0 aliphatic rings. The van der Waals surface area contributed by atoms with Crippen molar-refractivity contribution >= 4 is 21.8 Å². The molecular formula is C12H12BrNO3. The molecule has 0 saturated carbocycles. The number of ether oxygens (including phenoxy) is 1. The lowest BCUT2D eigenvalue weighted by Crippen LogP contribution is -2.29. The smallest absolute Gasteiger partial charge is 0.258 e. The summed E-state index contributed by atoms with van der Waals surface area (Å²) in [4.78, 5) is 11.2. The van der Waals surface area contributed by atoms with Crippen LogP contribution in [-0.2, 0) is 11.4 Å². The van der Waals surface area contributed by atoms with Crippen LogP contribution in [0, 0.1) is 12.3 Å². The van der Waals surface area contributed by atoms with Crippen molar-refractivity contribution in [3.8, 4) is 18.1 Å². The molecule has 1 aromatic carbocycles. The molecule has 5 heteroatoms. The zero-order chi connectivity index (χ0) is 12.7. The lowest BCUT2D eigenvalue weighted by atomic mass is 10.2. The van der Waals surface area contributed by atoms with E-state index < -0.39 is 0 Å². The molecule has 0 bridgehead atoms. The standard InChI is InChI=1S/C12H12BrNO3/c1-2-5-14-12(16)8-17-10-3-4-11(13)9(6-10)7-15/h1,3-4,6,15H,5,7-8H2,(H,14,16). The molecule has 0 saturated heterocycles. The predicted molar refractivity (Wildman–Crippen MR) is 67.4 cm³/mol. The predicted octanol–water partition coefficient (Wildman–Crippen LogP) is 1.07. The van der Waals surface area contributed by atoms with E-state index >= 15 is 0 Å². The van der Waals surface area contributed by atoms with Crippen molar-refractivity contribution in [2.24, 2.45) is 0 Å². The number of rotatable bonds is 5. The molecule has 0 unspecified atom stereocenters. The number of benzene rings is 1. The van der Waals surface area contributed by atoms with Crippen LogP contribution < -0.4 is 10.1 Å². The Bertz CT molecular complexity index is 440. The number of hydrogen-bond donors (Lipinski definition) is 2. The van der Waals surface area contributed by atoms with Crippen LogP contribution in [0.4, 0.5) is 0 Å². The van der Waals surface area contributed by atoms with E-state index in [1.54, 1.807) is 18.2 Å². The number of aliphatic hydroxyl groups is 1. The van der Waals surface area contributed by atoms with Crippen LogP contribution in [0.5, 0.6) is 5.75 Å². The minimum atomic E-state index is -0.281. The maximum atomic E-state index is 11.2. The molecule has 0 radical (unpaired) electrons. The fraction of sp³-hybridized carbons (Fsp3) is 0.250. The molecule has 1 rings (SSSR count). The van der Waals surface area contributed by atoms with Crippen molar-refractivity contribution in [2.75, 3.05) is 13.2 Å². The third kappa shape index (κ3) is 4.47. The lowest BCUT2D eigenvalue weighted by molar-refractivity contribution is -0.122. The summed E-state index contributed by atoms with van der Waals surface area (Å²) < 4.78 is 6.05. The van der Waals surface area contributed by atoms with Crippen molar-refractivity contribution in [1.82, 2.24) is 5.32 Å². The summed E-state index contributed by atoms with van der Waals surface area (Å²) in [5.74, 6) is 2.54. The fourth-order valence-corrected chi connectivity index (χ4v) is 1.48. The van der Waals surface area contributed by atoms with Crippen LogP contribution in [-0.4, -0.2) is 24.2 Å². The van der Waals surface area contributed by atoms with Gasteiger partial charge < -0.3 is 15.2 Å². The molecule has 0 aliphatic heterocycles. The topological polar surface area (TPSA) is 58.6 Å². The number of amides is 1. The Kier molecular flexibility index (Phi) is 5.53. The largest absolute Gasteiger partial charge is 0.484 e. The van der Waals surface area contributed by atoms with Gasteiger partial charge in [-0.2, -0.15) is 0 Å². The second-order valence-corrected chi connectivity index (χ2v) is 4.04. The monoisotopic (exact) mass is 297 g/mol. The first-order valence-corrected chi connectivity index (χ1v) is 5.69. The van der Waals surface area contributed by atoms with E-state index in [0.29, 0.717) is 11.3 Å². The summed E-state index contributed by atoms with van der Waals surface area (Å²) in [5, 5.41) is 11.5. The molecular weight excluding hydrogens is 286 g/mol. The summed E-state index contributed by atoms with van der Waals surface area (Å²) in [6.07, 6.45) is 5.00. The molecule has 90 valence electrons. The van der Waals surface area contributed by atoms with Crippen molar-refractivity contribution in [1.29, 1.82) is 0 Å². The summed E-state index contributed by atoms with van der Waals surface area (Å²) in [5.41, 5.74) is 0.700. The number of aliphatic hydroxyl groups excluding tert-OH is 1. The van der Waals surface area contributed by atoms with Crippen LogP contribution in [0.3, 0.4) is 0 Å². The van der Waals surface area contributed by atoms with Gasteiger partial charge in [0.1, 0.15) is 5.75 Å².